The van der Waals surface area contributed by atoms with Crippen molar-refractivity contribution < 1.29 is 18.0 Å². The SMILES string of the molecule is CNc1cccc(CCC2CC(N3C(=O)CC(NS(=O)(=O)c4ccccc4)C3=O)C2)n1. The first-order valence-corrected chi connectivity index (χ1v) is 11.9. The summed E-state index contributed by atoms with van der Waals surface area (Å²) in [5, 5.41) is 3.03. The molecule has 1 saturated heterocycles. The number of nitrogens with zero attached hydrogens (tertiary/aromatic N) is 2. The number of aryl methyl sites for hydroxylation is 1. The summed E-state index contributed by atoms with van der Waals surface area (Å²) in [6.45, 7) is 0. The molecule has 164 valence electrons. The zero-order valence-electron chi connectivity index (χ0n) is 17.3. The average Bonchev–Trinajstić information content (AvgIpc) is 3.00. The molecule has 0 radical (unpaired) electrons. The van der Waals surface area contributed by atoms with Gasteiger partial charge in [-0.25, -0.2) is 13.4 Å². The third-order valence-corrected chi connectivity index (χ3v) is 7.47. The quantitative estimate of drug-likeness (QED) is 0.605. The molecule has 2 aliphatic rings. The number of pyridine rings is 1. The first-order chi connectivity index (χ1) is 14.9. The molecule has 2 fully saturated rings. The lowest BCUT2D eigenvalue weighted by atomic mass is 9.76. The molecular weight excluding hydrogens is 416 g/mol. The van der Waals surface area contributed by atoms with E-state index in [-0.39, 0.29) is 23.3 Å². The van der Waals surface area contributed by atoms with Gasteiger partial charge in [-0.15, -0.1) is 0 Å². The van der Waals surface area contributed by atoms with E-state index < -0.39 is 22.0 Å². The molecule has 1 aliphatic heterocycles. The lowest BCUT2D eigenvalue weighted by Crippen LogP contribution is -2.50. The van der Waals surface area contributed by atoms with Crippen LogP contribution in [0.5, 0.6) is 0 Å². The Kier molecular flexibility index (Phi) is 6.06. The number of sulfonamides is 1. The number of amides is 2. The van der Waals surface area contributed by atoms with Crippen molar-refractivity contribution in [2.45, 2.75) is 49.1 Å². The van der Waals surface area contributed by atoms with Crippen molar-refractivity contribution in [3.8, 4) is 0 Å². The minimum Gasteiger partial charge on any atom is -0.373 e. The molecule has 2 amide bonds. The minimum absolute atomic E-state index is 0.0772. The minimum atomic E-state index is -3.86. The molecule has 1 unspecified atom stereocenters. The van der Waals surface area contributed by atoms with Crippen LogP contribution in [0.4, 0.5) is 5.82 Å². The molecule has 1 saturated carbocycles. The first-order valence-electron chi connectivity index (χ1n) is 10.4. The largest absolute Gasteiger partial charge is 0.373 e. The second-order valence-corrected chi connectivity index (χ2v) is 9.80. The summed E-state index contributed by atoms with van der Waals surface area (Å²) in [6.07, 6.45) is 3.15. The van der Waals surface area contributed by atoms with Gasteiger partial charge >= 0.3 is 0 Å². The van der Waals surface area contributed by atoms with Crippen LogP contribution in [0.2, 0.25) is 0 Å². The maximum atomic E-state index is 12.8. The normalized spacial score (nSPS) is 23.6. The average molecular weight is 443 g/mol. The van der Waals surface area contributed by atoms with Crippen LogP contribution in [0.1, 0.15) is 31.4 Å². The molecule has 31 heavy (non-hydrogen) atoms. The Morgan fingerprint density at radius 2 is 1.81 bits per heavy atom. The number of anilines is 1. The van der Waals surface area contributed by atoms with Crippen LogP contribution in [0.3, 0.4) is 0 Å². The van der Waals surface area contributed by atoms with Crippen LogP contribution >= 0.6 is 0 Å². The summed E-state index contributed by atoms with van der Waals surface area (Å²) >= 11 is 0. The molecule has 2 heterocycles. The lowest BCUT2D eigenvalue weighted by Gasteiger charge is -2.40. The van der Waals surface area contributed by atoms with Crippen LogP contribution in [0, 0.1) is 5.92 Å². The molecule has 4 rings (SSSR count). The Hall–Kier alpha value is -2.78. The van der Waals surface area contributed by atoms with Gasteiger partial charge in [0, 0.05) is 18.8 Å². The molecule has 0 spiro atoms. The highest BCUT2D eigenvalue weighted by molar-refractivity contribution is 7.89. The first kappa shape index (κ1) is 21.5. The van der Waals surface area contributed by atoms with E-state index in [4.69, 9.17) is 0 Å². The van der Waals surface area contributed by atoms with E-state index in [0.717, 1.165) is 37.2 Å². The Morgan fingerprint density at radius 3 is 2.52 bits per heavy atom. The molecule has 1 aliphatic carbocycles. The predicted octanol–water partition coefficient (Wildman–Crippen LogP) is 1.94. The van der Waals surface area contributed by atoms with Crippen molar-refractivity contribution in [3.05, 3.63) is 54.2 Å². The summed E-state index contributed by atoms with van der Waals surface area (Å²) < 4.78 is 27.4. The third-order valence-electron chi connectivity index (χ3n) is 5.98. The highest BCUT2D eigenvalue weighted by Gasteiger charge is 2.47. The Bertz CT molecular complexity index is 1070. The van der Waals surface area contributed by atoms with E-state index in [9.17, 15) is 18.0 Å². The van der Waals surface area contributed by atoms with Crippen molar-refractivity contribution in [2.24, 2.45) is 5.92 Å². The number of likely N-dealkylation sites (tertiary alicyclic amines) is 1. The number of carbonyl (C=O) groups is 2. The maximum absolute atomic E-state index is 12.8. The molecule has 1 aromatic carbocycles. The van der Waals surface area contributed by atoms with Gasteiger partial charge in [-0.1, -0.05) is 24.3 Å². The van der Waals surface area contributed by atoms with E-state index in [1.54, 1.807) is 18.2 Å². The van der Waals surface area contributed by atoms with Gasteiger partial charge in [0.2, 0.25) is 21.8 Å². The highest BCUT2D eigenvalue weighted by atomic mass is 32.2. The van der Waals surface area contributed by atoms with Gasteiger partial charge in [-0.2, -0.15) is 4.72 Å². The molecule has 8 nitrogen and oxygen atoms in total. The standard InChI is InChI=1S/C22H26N4O4S/c1-23-20-9-5-6-16(24-20)11-10-15-12-17(13-15)26-21(27)14-19(22(26)28)25-31(29,30)18-7-3-2-4-8-18/h2-9,15,17,19,25H,10-14H2,1H3,(H,23,24). The molecule has 9 heteroatoms. The van der Waals surface area contributed by atoms with Gasteiger partial charge in [0.15, 0.2) is 0 Å². The predicted molar refractivity (Wildman–Crippen MR) is 116 cm³/mol. The summed E-state index contributed by atoms with van der Waals surface area (Å²) in [5.41, 5.74) is 1.01. The zero-order chi connectivity index (χ0) is 22.0. The van der Waals surface area contributed by atoms with Gasteiger partial charge in [0.25, 0.3) is 0 Å². The summed E-state index contributed by atoms with van der Waals surface area (Å²) in [7, 11) is -2.02. The number of rotatable bonds is 8. The molecule has 2 aromatic rings. The smallest absolute Gasteiger partial charge is 0.248 e. The van der Waals surface area contributed by atoms with Crippen molar-refractivity contribution in [2.75, 3.05) is 12.4 Å². The van der Waals surface area contributed by atoms with Crippen LogP contribution < -0.4 is 10.0 Å². The number of hydrogen-bond donors (Lipinski definition) is 2. The number of nitrogens with one attached hydrogen (secondary N) is 2. The fourth-order valence-corrected chi connectivity index (χ4v) is 5.45. The fraction of sp³-hybridized carbons (Fsp3) is 0.409. The maximum Gasteiger partial charge on any atom is 0.248 e. The Morgan fingerprint density at radius 1 is 1.06 bits per heavy atom. The topological polar surface area (TPSA) is 108 Å². The van der Waals surface area contributed by atoms with Crippen LogP contribution in [0.25, 0.3) is 0 Å². The molecule has 1 aromatic heterocycles. The van der Waals surface area contributed by atoms with E-state index in [1.807, 2.05) is 25.2 Å². The zero-order valence-corrected chi connectivity index (χ0v) is 18.1. The van der Waals surface area contributed by atoms with Gasteiger partial charge in [-0.05, 0) is 55.9 Å². The van der Waals surface area contributed by atoms with E-state index in [0.29, 0.717) is 5.92 Å². The van der Waals surface area contributed by atoms with Crippen molar-refractivity contribution in [1.29, 1.82) is 0 Å². The van der Waals surface area contributed by atoms with Crippen molar-refractivity contribution in [3.63, 3.8) is 0 Å². The molecule has 1 atom stereocenters. The van der Waals surface area contributed by atoms with E-state index in [1.165, 1.54) is 17.0 Å². The van der Waals surface area contributed by atoms with Gasteiger partial charge in [-0.3, -0.25) is 14.5 Å². The highest BCUT2D eigenvalue weighted by Crippen LogP contribution is 2.37. The fourth-order valence-electron chi connectivity index (χ4n) is 4.24. The number of benzene rings is 1. The Labute approximate surface area is 182 Å². The van der Waals surface area contributed by atoms with Gasteiger partial charge < -0.3 is 5.32 Å². The number of imide groups is 1. The second-order valence-electron chi connectivity index (χ2n) is 8.09. The number of aromatic nitrogens is 1. The number of hydrogen-bond acceptors (Lipinski definition) is 6. The summed E-state index contributed by atoms with van der Waals surface area (Å²) in [4.78, 5) is 31.1. The monoisotopic (exact) mass is 442 g/mol. The number of carbonyl (C=O) groups excluding carboxylic acids is 2. The van der Waals surface area contributed by atoms with Crippen LogP contribution in [-0.2, 0) is 26.0 Å². The van der Waals surface area contributed by atoms with E-state index in [2.05, 4.69) is 15.0 Å². The van der Waals surface area contributed by atoms with Crippen molar-refractivity contribution in [1.82, 2.24) is 14.6 Å². The van der Waals surface area contributed by atoms with Crippen molar-refractivity contribution >= 4 is 27.7 Å². The van der Waals surface area contributed by atoms with Gasteiger partial charge in [0.05, 0.1) is 11.3 Å². The summed E-state index contributed by atoms with van der Waals surface area (Å²) in [5.74, 6) is 0.501. The molecule has 0 bridgehead atoms. The second kappa shape index (κ2) is 8.76. The Balaban J connectivity index is 1.31. The van der Waals surface area contributed by atoms with E-state index >= 15 is 0 Å². The third kappa shape index (κ3) is 4.62. The molecule has 2 N–H and O–H groups in total. The van der Waals surface area contributed by atoms with Crippen LogP contribution in [-0.4, -0.2) is 49.2 Å². The summed E-state index contributed by atoms with van der Waals surface area (Å²) in [6, 6.07) is 12.5. The molecular formula is C22H26N4O4S. The lowest BCUT2D eigenvalue weighted by molar-refractivity contribution is -0.144. The van der Waals surface area contributed by atoms with Gasteiger partial charge in [0.1, 0.15) is 11.9 Å². The van der Waals surface area contributed by atoms with Crippen LogP contribution in [0.15, 0.2) is 53.4 Å².